The SMILES string of the molecule is CC(=O)Nc1cccc(C(C)Nc2cccc(C(F)(F)F)c2)c1. The molecule has 0 saturated heterocycles. The number of rotatable bonds is 4. The van der Waals surface area contributed by atoms with Gasteiger partial charge >= 0.3 is 6.18 Å². The fraction of sp³-hybridized carbons (Fsp3) is 0.235. The third-order valence-electron chi connectivity index (χ3n) is 3.28. The Bertz CT molecular complexity index is 698. The van der Waals surface area contributed by atoms with Crippen molar-refractivity contribution in [3.63, 3.8) is 0 Å². The normalized spacial score (nSPS) is 12.6. The van der Waals surface area contributed by atoms with E-state index in [2.05, 4.69) is 10.6 Å². The average Bonchev–Trinajstić information content (AvgIpc) is 2.46. The molecule has 1 unspecified atom stereocenters. The van der Waals surface area contributed by atoms with Gasteiger partial charge in [-0.1, -0.05) is 18.2 Å². The zero-order valence-electron chi connectivity index (χ0n) is 12.7. The van der Waals surface area contributed by atoms with Gasteiger partial charge in [-0.3, -0.25) is 4.79 Å². The van der Waals surface area contributed by atoms with Crippen LogP contribution in [0.15, 0.2) is 48.5 Å². The van der Waals surface area contributed by atoms with E-state index in [1.54, 1.807) is 24.3 Å². The Hall–Kier alpha value is -2.50. The molecule has 2 rings (SSSR count). The second-order valence-corrected chi connectivity index (χ2v) is 5.25. The summed E-state index contributed by atoms with van der Waals surface area (Å²) >= 11 is 0. The van der Waals surface area contributed by atoms with E-state index in [0.29, 0.717) is 11.4 Å². The van der Waals surface area contributed by atoms with Crippen LogP contribution in [0.25, 0.3) is 0 Å². The molecule has 2 aromatic rings. The van der Waals surface area contributed by atoms with Crippen molar-refractivity contribution in [2.75, 3.05) is 10.6 Å². The van der Waals surface area contributed by atoms with Crippen LogP contribution in [0.1, 0.15) is 31.0 Å². The Morgan fingerprint density at radius 2 is 1.70 bits per heavy atom. The maximum Gasteiger partial charge on any atom is 0.416 e. The quantitative estimate of drug-likeness (QED) is 0.846. The Kier molecular flexibility index (Phi) is 4.93. The number of nitrogens with one attached hydrogen (secondary N) is 2. The van der Waals surface area contributed by atoms with Crippen LogP contribution < -0.4 is 10.6 Å². The van der Waals surface area contributed by atoms with Crippen molar-refractivity contribution < 1.29 is 18.0 Å². The summed E-state index contributed by atoms with van der Waals surface area (Å²) in [6.07, 6.45) is -4.37. The molecule has 2 N–H and O–H groups in total. The van der Waals surface area contributed by atoms with Gasteiger partial charge in [-0.2, -0.15) is 13.2 Å². The number of carbonyl (C=O) groups excluding carboxylic acids is 1. The van der Waals surface area contributed by atoms with E-state index in [-0.39, 0.29) is 11.9 Å². The molecular weight excluding hydrogens is 305 g/mol. The number of carbonyl (C=O) groups is 1. The lowest BCUT2D eigenvalue weighted by Crippen LogP contribution is -2.10. The van der Waals surface area contributed by atoms with E-state index in [0.717, 1.165) is 17.7 Å². The molecule has 2 aromatic carbocycles. The summed E-state index contributed by atoms with van der Waals surface area (Å²) < 4.78 is 38.2. The molecule has 3 nitrogen and oxygen atoms in total. The van der Waals surface area contributed by atoms with Gasteiger partial charge in [0.1, 0.15) is 0 Å². The molecule has 0 spiro atoms. The van der Waals surface area contributed by atoms with Crippen LogP contribution in [0, 0.1) is 0 Å². The minimum Gasteiger partial charge on any atom is -0.379 e. The predicted molar refractivity (Wildman–Crippen MR) is 84.2 cm³/mol. The van der Waals surface area contributed by atoms with Gasteiger partial charge in [-0.05, 0) is 42.8 Å². The molecule has 0 aliphatic heterocycles. The maximum absolute atomic E-state index is 12.7. The van der Waals surface area contributed by atoms with E-state index < -0.39 is 11.7 Å². The van der Waals surface area contributed by atoms with Crippen LogP contribution in [-0.4, -0.2) is 5.91 Å². The standard InChI is InChI=1S/C17H17F3N2O/c1-11(13-5-3-7-15(9-13)22-12(2)23)21-16-8-4-6-14(10-16)17(18,19)20/h3-11,21H,1-2H3,(H,22,23). The lowest BCUT2D eigenvalue weighted by Gasteiger charge is -2.18. The molecule has 1 amide bonds. The third-order valence-corrected chi connectivity index (χ3v) is 3.28. The molecule has 0 bridgehead atoms. The van der Waals surface area contributed by atoms with E-state index >= 15 is 0 Å². The van der Waals surface area contributed by atoms with Crippen LogP contribution in [0.2, 0.25) is 0 Å². The smallest absolute Gasteiger partial charge is 0.379 e. The highest BCUT2D eigenvalue weighted by Gasteiger charge is 2.30. The lowest BCUT2D eigenvalue weighted by molar-refractivity contribution is -0.137. The highest BCUT2D eigenvalue weighted by atomic mass is 19.4. The van der Waals surface area contributed by atoms with E-state index in [1.807, 2.05) is 13.0 Å². The minimum absolute atomic E-state index is 0.180. The highest BCUT2D eigenvalue weighted by Crippen LogP contribution is 2.31. The molecule has 1 atom stereocenters. The summed E-state index contributed by atoms with van der Waals surface area (Å²) in [6.45, 7) is 3.25. The van der Waals surface area contributed by atoms with Crippen LogP contribution in [0.3, 0.4) is 0 Å². The van der Waals surface area contributed by atoms with Crippen molar-refractivity contribution >= 4 is 17.3 Å². The van der Waals surface area contributed by atoms with Gasteiger partial charge < -0.3 is 10.6 Å². The van der Waals surface area contributed by atoms with Crippen LogP contribution in [0.4, 0.5) is 24.5 Å². The van der Waals surface area contributed by atoms with Gasteiger partial charge in [0.15, 0.2) is 0 Å². The van der Waals surface area contributed by atoms with Crippen molar-refractivity contribution in [3.8, 4) is 0 Å². The lowest BCUT2D eigenvalue weighted by atomic mass is 10.1. The van der Waals surface area contributed by atoms with E-state index in [9.17, 15) is 18.0 Å². The van der Waals surface area contributed by atoms with Gasteiger partial charge in [-0.15, -0.1) is 0 Å². The molecule has 6 heteroatoms. The third kappa shape index (κ3) is 4.74. The molecule has 0 heterocycles. The summed E-state index contributed by atoms with van der Waals surface area (Å²) in [4.78, 5) is 11.1. The molecular formula is C17H17F3N2O. The Balaban J connectivity index is 2.16. The van der Waals surface area contributed by atoms with Gasteiger partial charge in [0.25, 0.3) is 0 Å². The van der Waals surface area contributed by atoms with Gasteiger partial charge in [0, 0.05) is 24.3 Å². The molecule has 0 fully saturated rings. The minimum atomic E-state index is -4.37. The second kappa shape index (κ2) is 6.73. The number of anilines is 2. The van der Waals surface area contributed by atoms with Crippen molar-refractivity contribution in [1.29, 1.82) is 0 Å². The number of hydrogen-bond acceptors (Lipinski definition) is 2. The number of benzene rings is 2. The number of hydrogen-bond donors (Lipinski definition) is 2. The molecule has 23 heavy (non-hydrogen) atoms. The number of amides is 1. The molecule has 122 valence electrons. The fourth-order valence-corrected chi connectivity index (χ4v) is 2.21. The topological polar surface area (TPSA) is 41.1 Å². The van der Waals surface area contributed by atoms with Crippen LogP contribution in [0.5, 0.6) is 0 Å². The summed E-state index contributed by atoms with van der Waals surface area (Å²) in [5.41, 5.74) is 1.19. The summed E-state index contributed by atoms with van der Waals surface area (Å²) in [6, 6.07) is 12.0. The zero-order chi connectivity index (χ0) is 17.0. The Morgan fingerprint density at radius 1 is 1.04 bits per heavy atom. The molecule has 0 saturated carbocycles. The van der Waals surface area contributed by atoms with Crippen molar-refractivity contribution in [2.24, 2.45) is 0 Å². The predicted octanol–water partition coefficient (Wildman–Crippen LogP) is 4.84. The van der Waals surface area contributed by atoms with Gasteiger partial charge in [0.05, 0.1) is 5.56 Å². The Labute approximate surface area is 132 Å². The first kappa shape index (κ1) is 16.9. The largest absolute Gasteiger partial charge is 0.416 e. The second-order valence-electron chi connectivity index (χ2n) is 5.25. The Morgan fingerprint density at radius 3 is 2.35 bits per heavy atom. The van der Waals surface area contributed by atoms with E-state index in [4.69, 9.17) is 0 Å². The van der Waals surface area contributed by atoms with E-state index in [1.165, 1.54) is 13.0 Å². The molecule has 0 aromatic heterocycles. The number of halogens is 3. The van der Waals surface area contributed by atoms with Gasteiger partial charge in [-0.25, -0.2) is 0 Å². The van der Waals surface area contributed by atoms with Crippen molar-refractivity contribution in [2.45, 2.75) is 26.1 Å². The highest BCUT2D eigenvalue weighted by molar-refractivity contribution is 5.88. The molecule has 0 radical (unpaired) electrons. The average molecular weight is 322 g/mol. The van der Waals surface area contributed by atoms with Crippen LogP contribution in [-0.2, 0) is 11.0 Å². The van der Waals surface area contributed by atoms with Gasteiger partial charge in [0.2, 0.25) is 5.91 Å². The summed E-state index contributed by atoms with van der Waals surface area (Å²) in [7, 11) is 0. The summed E-state index contributed by atoms with van der Waals surface area (Å²) in [5, 5.41) is 5.72. The van der Waals surface area contributed by atoms with Crippen molar-refractivity contribution in [1.82, 2.24) is 0 Å². The summed E-state index contributed by atoms with van der Waals surface area (Å²) in [5.74, 6) is -0.180. The van der Waals surface area contributed by atoms with Crippen LogP contribution >= 0.6 is 0 Å². The first-order valence-corrected chi connectivity index (χ1v) is 7.07. The molecule has 0 aliphatic rings. The first-order chi connectivity index (χ1) is 10.8. The first-order valence-electron chi connectivity index (χ1n) is 7.07. The monoisotopic (exact) mass is 322 g/mol. The molecule has 0 aliphatic carbocycles. The van der Waals surface area contributed by atoms with Crippen molar-refractivity contribution in [3.05, 3.63) is 59.7 Å². The fourth-order valence-electron chi connectivity index (χ4n) is 2.21. The maximum atomic E-state index is 12.7. The number of alkyl halides is 3. The zero-order valence-corrected chi connectivity index (χ0v) is 12.7.